The molecule has 2 heterocycles. The monoisotopic (exact) mass is 380 g/mol. The first-order valence-electron chi connectivity index (χ1n) is 8.05. The molecule has 2 N–H and O–H groups in total. The number of thiophene rings is 1. The van der Waals surface area contributed by atoms with Crippen molar-refractivity contribution in [2.45, 2.75) is 6.92 Å². The van der Waals surface area contributed by atoms with Crippen molar-refractivity contribution in [3.8, 4) is 0 Å². The molecule has 0 radical (unpaired) electrons. The van der Waals surface area contributed by atoms with Crippen molar-refractivity contribution in [1.29, 1.82) is 0 Å². The van der Waals surface area contributed by atoms with E-state index in [0.717, 1.165) is 0 Å². The average molecular weight is 380 g/mol. The average Bonchev–Trinajstić information content (AvgIpc) is 3.35. The van der Waals surface area contributed by atoms with Gasteiger partial charge in [-0.05, 0) is 42.6 Å². The number of nitrogens with one attached hydrogen (secondary N) is 2. The Morgan fingerprint density at radius 3 is 2.59 bits per heavy atom. The number of rotatable bonds is 6. The van der Waals surface area contributed by atoms with Gasteiger partial charge < -0.3 is 15.1 Å². The second-order valence-electron chi connectivity index (χ2n) is 5.60. The summed E-state index contributed by atoms with van der Waals surface area (Å²) in [5.74, 6) is -0.611. The number of amides is 2. The van der Waals surface area contributed by atoms with Crippen molar-refractivity contribution in [3.05, 3.63) is 82.1 Å². The summed E-state index contributed by atoms with van der Waals surface area (Å²) in [4.78, 5) is 37.0. The standard InChI is InChI=1S/C20H16N2O4S/c1-13(23)14-5-2-6-15(11-14)21-19(24)17(12-16-7-3-9-26-16)22-20(25)18-8-4-10-27-18/h2-12H,1H3,(H,21,24)(H,22,25)/b17-12-. The maximum absolute atomic E-state index is 12.7. The molecule has 7 heteroatoms. The maximum Gasteiger partial charge on any atom is 0.272 e. The Morgan fingerprint density at radius 1 is 1.07 bits per heavy atom. The van der Waals surface area contributed by atoms with E-state index >= 15 is 0 Å². The van der Waals surface area contributed by atoms with Gasteiger partial charge in [-0.15, -0.1) is 11.3 Å². The lowest BCUT2D eigenvalue weighted by molar-refractivity contribution is -0.113. The Morgan fingerprint density at radius 2 is 1.93 bits per heavy atom. The van der Waals surface area contributed by atoms with Crippen LogP contribution in [0.5, 0.6) is 0 Å². The fourth-order valence-electron chi connectivity index (χ4n) is 2.28. The predicted molar refractivity (Wildman–Crippen MR) is 104 cm³/mol. The van der Waals surface area contributed by atoms with Gasteiger partial charge in [0.25, 0.3) is 11.8 Å². The number of Topliss-reactive ketones (excluding diaryl/α,β-unsaturated/α-hetero) is 1. The molecule has 0 bridgehead atoms. The third-order valence-corrected chi connectivity index (χ3v) is 4.46. The van der Waals surface area contributed by atoms with Crippen LogP contribution >= 0.6 is 11.3 Å². The molecule has 0 saturated heterocycles. The van der Waals surface area contributed by atoms with Gasteiger partial charge >= 0.3 is 0 Å². The predicted octanol–water partition coefficient (Wildman–Crippen LogP) is 3.95. The van der Waals surface area contributed by atoms with Gasteiger partial charge in [-0.1, -0.05) is 18.2 Å². The molecule has 1 aromatic carbocycles. The van der Waals surface area contributed by atoms with Crippen LogP contribution in [0, 0.1) is 0 Å². The minimum atomic E-state index is -0.531. The van der Waals surface area contributed by atoms with Gasteiger partial charge in [-0.2, -0.15) is 0 Å². The van der Waals surface area contributed by atoms with E-state index in [1.807, 2.05) is 0 Å². The van der Waals surface area contributed by atoms with E-state index in [-0.39, 0.29) is 11.5 Å². The minimum Gasteiger partial charge on any atom is -0.465 e. The summed E-state index contributed by atoms with van der Waals surface area (Å²) in [6.07, 6.45) is 2.91. The van der Waals surface area contributed by atoms with Crippen LogP contribution in [0.15, 0.2) is 70.3 Å². The smallest absolute Gasteiger partial charge is 0.272 e. The topological polar surface area (TPSA) is 88.4 Å². The van der Waals surface area contributed by atoms with E-state index < -0.39 is 11.8 Å². The molecule has 2 aromatic heterocycles. The van der Waals surface area contributed by atoms with Crippen molar-refractivity contribution in [1.82, 2.24) is 5.32 Å². The molecular formula is C20H16N2O4S. The van der Waals surface area contributed by atoms with Crippen molar-refractivity contribution in [2.75, 3.05) is 5.32 Å². The van der Waals surface area contributed by atoms with Crippen molar-refractivity contribution in [3.63, 3.8) is 0 Å². The second-order valence-corrected chi connectivity index (χ2v) is 6.54. The molecule has 3 rings (SSSR count). The lowest BCUT2D eigenvalue weighted by Crippen LogP contribution is -2.30. The number of anilines is 1. The lowest BCUT2D eigenvalue weighted by Gasteiger charge is -2.10. The van der Waals surface area contributed by atoms with E-state index in [1.54, 1.807) is 53.9 Å². The van der Waals surface area contributed by atoms with Crippen molar-refractivity contribution in [2.24, 2.45) is 0 Å². The highest BCUT2D eigenvalue weighted by Crippen LogP contribution is 2.15. The third kappa shape index (κ3) is 4.80. The molecule has 6 nitrogen and oxygen atoms in total. The van der Waals surface area contributed by atoms with Gasteiger partial charge in [-0.3, -0.25) is 14.4 Å². The summed E-state index contributed by atoms with van der Waals surface area (Å²) in [5, 5.41) is 7.07. The van der Waals surface area contributed by atoms with Crippen LogP contribution in [-0.2, 0) is 4.79 Å². The fourth-order valence-corrected chi connectivity index (χ4v) is 2.90. The zero-order valence-corrected chi connectivity index (χ0v) is 15.2. The highest BCUT2D eigenvalue weighted by Gasteiger charge is 2.16. The molecule has 0 atom stereocenters. The molecule has 0 aliphatic heterocycles. The van der Waals surface area contributed by atoms with Gasteiger partial charge in [0.05, 0.1) is 11.1 Å². The molecule has 0 aliphatic carbocycles. The normalized spacial score (nSPS) is 11.1. The largest absolute Gasteiger partial charge is 0.465 e. The number of furan rings is 1. The minimum absolute atomic E-state index is 0.0246. The van der Waals surface area contributed by atoms with Crippen LogP contribution < -0.4 is 10.6 Å². The van der Waals surface area contributed by atoms with Crippen molar-refractivity contribution < 1.29 is 18.8 Å². The Bertz CT molecular complexity index is 989. The SMILES string of the molecule is CC(=O)c1cccc(NC(=O)/C(=C/c2ccco2)NC(=O)c2cccs2)c1. The van der Waals surface area contributed by atoms with Crippen LogP contribution in [0.3, 0.4) is 0 Å². The molecule has 136 valence electrons. The lowest BCUT2D eigenvalue weighted by atomic mass is 10.1. The molecular weight excluding hydrogens is 364 g/mol. The summed E-state index contributed by atoms with van der Waals surface area (Å²) < 4.78 is 5.24. The number of hydrogen-bond acceptors (Lipinski definition) is 5. The Labute approximate surface area is 159 Å². The van der Waals surface area contributed by atoms with Crippen LogP contribution in [-0.4, -0.2) is 17.6 Å². The quantitative estimate of drug-likeness (QED) is 0.501. The maximum atomic E-state index is 12.7. The molecule has 0 saturated carbocycles. The van der Waals surface area contributed by atoms with Gasteiger partial charge in [0.2, 0.25) is 0 Å². The van der Waals surface area contributed by atoms with E-state index in [2.05, 4.69) is 10.6 Å². The summed E-state index contributed by atoms with van der Waals surface area (Å²) >= 11 is 1.27. The van der Waals surface area contributed by atoms with E-state index in [1.165, 1.54) is 30.6 Å². The number of ketones is 1. The first-order valence-corrected chi connectivity index (χ1v) is 8.93. The zero-order valence-electron chi connectivity index (χ0n) is 14.4. The molecule has 27 heavy (non-hydrogen) atoms. The summed E-state index contributed by atoms with van der Waals surface area (Å²) in [6.45, 7) is 1.45. The first-order chi connectivity index (χ1) is 13.0. The van der Waals surface area contributed by atoms with Gasteiger partial charge in [-0.25, -0.2) is 0 Å². The van der Waals surface area contributed by atoms with Crippen LogP contribution in [0.25, 0.3) is 6.08 Å². The molecule has 0 fully saturated rings. The molecule has 0 unspecified atom stereocenters. The Balaban J connectivity index is 1.83. The van der Waals surface area contributed by atoms with Gasteiger partial charge in [0.15, 0.2) is 5.78 Å². The first kappa shape index (κ1) is 18.3. The molecule has 0 aliphatic rings. The molecule has 0 spiro atoms. The highest BCUT2D eigenvalue weighted by molar-refractivity contribution is 7.12. The van der Waals surface area contributed by atoms with Crippen molar-refractivity contribution >= 4 is 40.7 Å². The number of carbonyl (C=O) groups is 3. The van der Waals surface area contributed by atoms with Gasteiger partial charge in [0, 0.05) is 17.3 Å². The summed E-state index contributed by atoms with van der Waals surface area (Å²) in [7, 11) is 0. The number of benzene rings is 1. The summed E-state index contributed by atoms with van der Waals surface area (Å²) in [5.41, 5.74) is 0.951. The van der Waals surface area contributed by atoms with Crippen LogP contribution in [0.2, 0.25) is 0 Å². The van der Waals surface area contributed by atoms with E-state index in [0.29, 0.717) is 21.9 Å². The van der Waals surface area contributed by atoms with Crippen LogP contribution in [0.4, 0.5) is 5.69 Å². The zero-order chi connectivity index (χ0) is 19.2. The van der Waals surface area contributed by atoms with Gasteiger partial charge in [0.1, 0.15) is 11.5 Å². The number of hydrogen-bond donors (Lipinski definition) is 2. The highest BCUT2D eigenvalue weighted by atomic mass is 32.1. The Kier molecular flexibility index (Phi) is 5.63. The summed E-state index contributed by atoms with van der Waals surface area (Å²) in [6, 6.07) is 13.3. The fraction of sp³-hybridized carbons (Fsp3) is 0.0500. The Hall–Kier alpha value is -3.45. The second kappa shape index (κ2) is 8.29. The third-order valence-electron chi connectivity index (χ3n) is 3.59. The molecule has 2 amide bonds. The molecule has 3 aromatic rings. The van der Waals surface area contributed by atoms with E-state index in [9.17, 15) is 14.4 Å². The van der Waals surface area contributed by atoms with Crippen LogP contribution in [0.1, 0.15) is 32.7 Å². The number of carbonyl (C=O) groups excluding carboxylic acids is 3. The van der Waals surface area contributed by atoms with E-state index in [4.69, 9.17) is 4.42 Å².